The van der Waals surface area contributed by atoms with Gasteiger partial charge in [-0.2, -0.15) is 18.4 Å². The van der Waals surface area contributed by atoms with Crippen molar-refractivity contribution >= 4 is 17.2 Å². The van der Waals surface area contributed by atoms with Crippen molar-refractivity contribution in [3.63, 3.8) is 0 Å². The Morgan fingerprint density at radius 2 is 1.79 bits per heavy atom. The molecule has 4 nitrogen and oxygen atoms in total. The van der Waals surface area contributed by atoms with E-state index in [0.717, 1.165) is 29.0 Å². The molecule has 0 saturated heterocycles. The zero-order chi connectivity index (χ0) is 21.0. The summed E-state index contributed by atoms with van der Waals surface area (Å²) in [5, 5.41) is 9.56. The maximum Gasteiger partial charge on any atom is 0.416 e. The Morgan fingerprint density at radius 1 is 1.14 bits per heavy atom. The van der Waals surface area contributed by atoms with Gasteiger partial charge in [-0.1, -0.05) is 42.5 Å². The quantitative estimate of drug-likeness (QED) is 0.531. The van der Waals surface area contributed by atoms with Gasteiger partial charge >= 0.3 is 6.18 Å². The summed E-state index contributed by atoms with van der Waals surface area (Å²) in [5.74, 6) is -0.330. The van der Waals surface area contributed by atoms with Crippen LogP contribution in [0.5, 0.6) is 0 Å². The van der Waals surface area contributed by atoms with Crippen molar-refractivity contribution in [2.45, 2.75) is 19.6 Å². The molecular formula is C21H16F3N3OS. The smallest absolute Gasteiger partial charge is 0.320 e. The van der Waals surface area contributed by atoms with Crippen LogP contribution in [-0.2, 0) is 12.7 Å². The fourth-order valence-electron chi connectivity index (χ4n) is 2.75. The minimum Gasteiger partial charge on any atom is -0.320 e. The number of rotatable bonds is 5. The predicted molar refractivity (Wildman–Crippen MR) is 104 cm³/mol. The highest BCUT2D eigenvalue weighted by molar-refractivity contribution is 7.17. The second kappa shape index (κ2) is 8.45. The maximum atomic E-state index is 13.0. The Hall–Kier alpha value is -3.18. The van der Waals surface area contributed by atoms with Crippen LogP contribution in [0.15, 0.2) is 54.6 Å². The van der Waals surface area contributed by atoms with Crippen LogP contribution in [0.4, 0.5) is 13.2 Å². The molecule has 0 fully saturated rings. The number of alkyl halides is 3. The molecule has 1 heterocycles. The molecule has 0 bridgehead atoms. The number of nitriles is 1. The highest BCUT2D eigenvalue weighted by Gasteiger charge is 2.30. The van der Waals surface area contributed by atoms with Crippen molar-refractivity contribution in [3.05, 3.63) is 76.3 Å². The van der Waals surface area contributed by atoms with E-state index >= 15 is 0 Å². The highest BCUT2D eigenvalue weighted by atomic mass is 32.1. The minimum atomic E-state index is -4.41. The Balaban J connectivity index is 1.86. The van der Waals surface area contributed by atoms with Gasteiger partial charge in [0.2, 0.25) is 0 Å². The van der Waals surface area contributed by atoms with Gasteiger partial charge in [0.05, 0.1) is 17.3 Å². The number of amides is 1. The number of nitrogens with zero attached hydrogens (tertiary/aromatic N) is 3. The number of thiazole rings is 1. The number of carbonyl (C=O) groups is 1. The lowest BCUT2D eigenvalue weighted by Gasteiger charge is -2.19. The average Bonchev–Trinajstić information content (AvgIpc) is 3.09. The molecule has 8 heteroatoms. The third kappa shape index (κ3) is 4.81. The van der Waals surface area contributed by atoms with E-state index < -0.39 is 11.7 Å². The van der Waals surface area contributed by atoms with Gasteiger partial charge in [0.1, 0.15) is 16.4 Å². The van der Waals surface area contributed by atoms with Crippen LogP contribution in [0.25, 0.3) is 10.6 Å². The van der Waals surface area contributed by atoms with Crippen molar-refractivity contribution in [1.29, 1.82) is 5.26 Å². The molecule has 0 radical (unpaired) electrons. The van der Waals surface area contributed by atoms with E-state index in [1.165, 1.54) is 17.0 Å². The van der Waals surface area contributed by atoms with Crippen molar-refractivity contribution in [1.82, 2.24) is 9.88 Å². The zero-order valence-corrected chi connectivity index (χ0v) is 16.2. The zero-order valence-electron chi connectivity index (χ0n) is 15.4. The molecule has 1 amide bonds. The minimum absolute atomic E-state index is 0.0827. The van der Waals surface area contributed by atoms with Crippen molar-refractivity contribution in [2.24, 2.45) is 0 Å². The normalized spacial score (nSPS) is 11.1. The molecule has 148 valence electrons. The Kier molecular flexibility index (Phi) is 5.99. The predicted octanol–water partition coefficient (Wildman–Crippen LogP) is 5.30. The summed E-state index contributed by atoms with van der Waals surface area (Å²) in [6.45, 7) is 1.87. The standard InChI is InChI=1S/C21H16F3N3OS/c1-14-18(20(28)27(12-11-25)13-15-5-3-2-4-6-15)29-19(26-14)16-7-9-17(10-8-16)21(22,23)24/h2-10H,12-13H2,1H3. The molecule has 0 aliphatic heterocycles. The fourth-order valence-corrected chi connectivity index (χ4v) is 3.79. The summed E-state index contributed by atoms with van der Waals surface area (Å²) in [6, 6.07) is 16.0. The molecular weight excluding hydrogens is 399 g/mol. The molecule has 0 N–H and O–H groups in total. The summed E-state index contributed by atoms with van der Waals surface area (Å²) in [5.41, 5.74) is 1.13. The van der Waals surface area contributed by atoms with E-state index in [0.29, 0.717) is 21.1 Å². The molecule has 29 heavy (non-hydrogen) atoms. The van der Waals surface area contributed by atoms with Crippen LogP contribution in [0.3, 0.4) is 0 Å². The largest absolute Gasteiger partial charge is 0.416 e. The first-order valence-corrected chi connectivity index (χ1v) is 9.46. The summed E-state index contributed by atoms with van der Waals surface area (Å²) >= 11 is 1.11. The van der Waals surface area contributed by atoms with E-state index in [-0.39, 0.29) is 19.0 Å². The Bertz CT molecular complexity index is 1040. The lowest BCUT2D eigenvalue weighted by molar-refractivity contribution is -0.137. The number of hydrogen-bond donors (Lipinski definition) is 0. The lowest BCUT2D eigenvalue weighted by atomic mass is 10.1. The van der Waals surface area contributed by atoms with Gasteiger partial charge in [-0.25, -0.2) is 4.98 Å². The van der Waals surface area contributed by atoms with Gasteiger partial charge in [0.15, 0.2) is 0 Å². The van der Waals surface area contributed by atoms with Gasteiger partial charge in [-0.15, -0.1) is 11.3 Å². The molecule has 0 aliphatic rings. The number of aromatic nitrogens is 1. The van der Waals surface area contributed by atoms with Crippen LogP contribution in [0, 0.1) is 18.3 Å². The second-order valence-electron chi connectivity index (χ2n) is 6.31. The summed E-state index contributed by atoms with van der Waals surface area (Å²) < 4.78 is 38.2. The average molecular weight is 415 g/mol. The number of carbonyl (C=O) groups excluding carboxylic acids is 1. The molecule has 0 saturated carbocycles. The Labute approximate surface area is 169 Å². The monoisotopic (exact) mass is 415 g/mol. The van der Waals surface area contributed by atoms with Gasteiger partial charge < -0.3 is 4.90 Å². The second-order valence-corrected chi connectivity index (χ2v) is 7.31. The van der Waals surface area contributed by atoms with Crippen molar-refractivity contribution in [2.75, 3.05) is 6.54 Å². The highest BCUT2D eigenvalue weighted by Crippen LogP contribution is 2.33. The van der Waals surface area contributed by atoms with Gasteiger partial charge in [0.25, 0.3) is 5.91 Å². The molecule has 0 atom stereocenters. The van der Waals surface area contributed by atoms with E-state index in [1.54, 1.807) is 6.92 Å². The first-order chi connectivity index (χ1) is 13.8. The van der Waals surface area contributed by atoms with Crippen LogP contribution in [-0.4, -0.2) is 22.3 Å². The topological polar surface area (TPSA) is 57.0 Å². The third-order valence-corrected chi connectivity index (χ3v) is 5.41. The van der Waals surface area contributed by atoms with E-state index in [2.05, 4.69) is 4.98 Å². The molecule has 0 aliphatic carbocycles. The Morgan fingerprint density at radius 3 is 2.38 bits per heavy atom. The SMILES string of the molecule is Cc1nc(-c2ccc(C(F)(F)F)cc2)sc1C(=O)N(CC#N)Cc1ccccc1. The summed E-state index contributed by atoms with van der Waals surface area (Å²) in [6.07, 6.45) is -4.41. The van der Waals surface area contributed by atoms with E-state index in [1.807, 2.05) is 36.4 Å². The summed E-state index contributed by atoms with van der Waals surface area (Å²) in [4.78, 5) is 19.1. The van der Waals surface area contributed by atoms with Crippen molar-refractivity contribution < 1.29 is 18.0 Å². The van der Waals surface area contributed by atoms with Gasteiger partial charge in [0, 0.05) is 12.1 Å². The van der Waals surface area contributed by atoms with Crippen LogP contribution >= 0.6 is 11.3 Å². The molecule has 0 spiro atoms. The van der Waals surface area contributed by atoms with Crippen molar-refractivity contribution in [3.8, 4) is 16.6 Å². The van der Waals surface area contributed by atoms with Crippen LogP contribution in [0.1, 0.15) is 26.5 Å². The summed E-state index contributed by atoms with van der Waals surface area (Å²) in [7, 11) is 0. The van der Waals surface area contributed by atoms with Crippen LogP contribution in [0.2, 0.25) is 0 Å². The van der Waals surface area contributed by atoms with E-state index in [9.17, 15) is 18.0 Å². The van der Waals surface area contributed by atoms with Gasteiger partial charge in [-0.05, 0) is 24.6 Å². The molecule has 0 unspecified atom stereocenters. The van der Waals surface area contributed by atoms with E-state index in [4.69, 9.17) is 5.26 Å². The third-order valence-electron chi connectivity index (χ3n) is 4.22. The number of hydrogen-bond acceptors (Lipinski definition) is 4. The fraction of sp³-hybridized carbons (Fsp3) is 0.190. The maximum absolute atomic E-state index is 13.0. The molecule has 2 aromatic carbocycles. The first-order valence-electron chi connectivity index (χ1n) is 8.65. The lowest BCUT2D eigenvalue weighted by Crippen LogP contribution is -2.30. The number of halogens is 3. The molecule has 3 rings (SSSR count). The molecule has 3 aromatic rings. The first kappa shape index (κ1) is 20.6. The van der Waals surface area contributed by atoms with Gasteiger partial charge in [-0.3, -0.25) is 4.79 Å². The number of aryl methyl sites for hydroxylation is 1. The number of benzene rings is 2. The van der Waals surface area contributed by atoms with Crippen LogP contribution < -0.4 is 0 Å². The molecule has 1 aromatic heterocycles.